The molecule has 1 rings (SSSR count). The van der Waals surface area contributed by atoms with E-state index >= 15 is 0 Å². The molecule has 2 N–H and O–H groups in total. The Morgan fingerprint density at radius 1 is 1.26 bits per heavy atom. The van der Waals surface area contributed by atoms with Crippen LogP contribution in [-0.2, 0) is 14.3 Å². The lowest BCUT2D eigenvalue weighted by Crippen LogP contribution is -2.36. The van der Waals surface area contributed by atoms with Crippen molar-refractivity contribution < 1.29 is 19.1 Å². The van der Waals surface area contributed by atoms with E-state index in [2.05, 4.69) is 15.6 Å². The average Bonchev–Trinajstić information content (AvgIpc) is 2.44. The van der Waals surface area contributed by atoms with Crippen LogP contribution in [0.2, 0.25) is 0 Å². The minimum absolute atomic E-state index is 0.390. The van der Waals surface area contributed by atoms with E-state index in [0.29, 0.717) is 31.1 Å². The molecule has 1 aromatic heterocycles. The number of nitrogens with one attached hydrogen (secondary N) is 2. The minimum Gasteiger partial charge on any atom is -0.481 e. The van der Waals surface area contributed by atoms with Crippen molar-refractivity contribution in [1.82, 2.24) is 10.3 Å². The van der Waals surface area contributed by atoms with Crippen LogP contribution in [-0.4, -0.2) is 44.2 Å². The van der Waals surface area contributed by atoms with Crippen LogP contribution < -0.4 is 15.4 Å². The fourth-order valence-electron chi connectivity index (χ4n) is 1.26. The smallest absolute Gasteiger partial charge is 0.313 e. The zero-order valence-corrected chi connectivity index (χ0v) is 10.9. The van der Waals surface area contributed by atoms with Crippen molar-refractivity contribution in [2.24, 2.45) is 0 Å². The molecule has 0 aliphatic heterocycles. The van der Waals surface area contributed by atoms with E-state index in [1.54, 1.807) is 19.2 Å². The largest absolute Gasteiger partial charge is 0.481 e. The third kappa shape index (κ3) is 5.35. The molecule has 7 nitrogen and oxygen atoms in total. The topological polar surface area (TPSA) is 89.5 Å². The first kappa shape index (κ1) is 14.9. The lowest BCUT2D eigenvalue weighted by molar-refractivity contribution is -0.136. The van der Waals surface area contributed by atoms with E-state index in [4.69, 9.17) is 9.47 Å². The number of hydrogen-bond acceptors (Lipinski definition) is 5. The highest BCUT2D eigenvalue weighted by Crippen LogP contribution is 2.10. The van der Waals surface area contributed by atoms with E-state index in [0.717, 1.165) is 0 Å². The van der Waals surface area contributed by atoms with Crippen molar-refractivity contribution in [3.8, 4) is 5.88 Å². The number of ether oxygens (including phenoxy) is 2. The predicted octanol–water partition coefficient (Wildman–Crippen LogP) is 0.181. The highest BCUT2D eigenvalue weighted by molar-refractivity contribution is 6.39. The first-order valence-electron chi connectivity index (χ1n) is 5.75. The van der Waals surface area contributed by atoms with Crippen LogP contribution in [0.3, 0.4) is 0 Å². The van der Waals surface area contributed by atoms with E-state index in [9.17, 15) is 9.59 Å². The van der Waals surface area contributed by atoms with Crippen LogP contribution in [0.15, 0.2) is 18.3 Å². The first-order chi connectivity index (χ1) is 9.17. The number of pyridine rings is 1. The molecule has 0 unspecified atom stereocenters. The van der Waals surface area contributed by atoms with E-state index in [1.165, 1.54) is 13.3 Å². The Morgan fingerprint density at radius 3 is 2.63 bits per heavy atom. The Morgan fingerprint density at radius 2 is 2.05 bits per heavy atom. The molecule has 2 amide bonds. The monoisotopic (exact) mass is 267 g/mol. The van der Waals surface area contributed by atoms with Crippen molar-refractivity contribution in [3.05, 3.63) is 18.3 Å². The molecular weight excluding hydrogens is 250 g/mol. The summed E-state index contributed by atoms with van der Waals surface area (Å²) in [6, 6.07) is 3.19. The number of methoxy groups -OCH3 is 2. The molecule has 0 aliphatic rings. The van der Waals surface area contributed by atoms with E-state index in [-0.39, 0.29) is 0 Å². The van der Waals surface area contributed by atoms with Gasteiger partial charge < -0.3 is 20.1 Å². The molecule has 0 aromatic carbocycles. The van der Waals surface area contributed by atoms with Gasteiger partial charge in [-0.15, -0.1) is 0 Å². The minimum atomic E-state index is -0.732. The molecule has 0 atom stereocenters. The van der Waals surface area contributed by atoms with Gasteiger partial charge in [-0.3, -0.25) is 9.59 Å². The molecule has 1 heterocycles. The highest BCUT2D eigenvalue weighted by atomic mass is 16.5. The van der Waals surface area contributed by atoms with Crippen molar-refractivity contribution in [2.45, 2.75) is 6.42 Å². The Kier molecular flexibility index (Phi) is 6.31. The van der Waals surface area contributed by atoms with Gasteiger partial charge in [0.25, 0.3) is 0 Å². The molecule has 19 heavy (non-hydrogen) atoms. The second-order valence-electron chi connectivity index (χ2n) is 3.65. The van der Waals surface area contributed by atoms with Gasteiger partial charge in [0.1, 0.15) is 0 Å². The summed E-state index contributed by atoms with van der Waals surface area (Å²) in [6.07, 6.45) is 2.06. The molecule has 7 heteroatoms. The second-order valence-corrected chi connectivity index (χ2v) is 3.65. The highest BCUT2D eigenvalue weighted by Gasteiger charge is 2.12. The molecule has 0 fully saturated rings. The maximum absolute atomic E-state index is 11.5. The SMILES string of the molecule is COCCCNC(=O)C(=O)Nc1ccc(OC)nc1. The van der Waals surface area contributed by atoms with Crippen LogP contribution in [0, 0.1) is 0 Å². The van der Waals surface area contributed by atoms with Crippen LogP contribution in [0.4, 0.5) is 5.69 Å². The van der Waals surface area contributed by atoms with Crippen LogP contribution in [0.5, 0.6) is 5.88 Å². The molecule has 0 aliphatic carbocycles. The van der Waals surface area contributed by atoms with Crippen LogP contribution >= 0.6 is 0 Å². The standard InChI is InChI=1S/C12H17N3O4/c1-18-7-3-6-13-11(16)12(17)15-9-4-5-10(19-2)14-8-9/h4-5,8H,3,6-7H2,1-2H3,(H,13,16)(H,15,17). The maximum Gasteiger partial charge on any atom is 0.313 e. The normalized spacial score (nSPS) is 9.79. The third-order valence-electron chi connectivity index (χ3n) is 2.22. The number of nitrogens with zero attached hydrogens (tertiary/aromatic N) is 1. The summed E-state index contributed by atoms with van der Waals surface area (Å²) in [5.74, 6) is -0.988. The van der Waals surface area contributed by atoms with Gasteiger partial charge in [-0.1, -0.05) is 0 Å². The fraction of sp³-hybridized carbons (Fsp3) is 0.417. The van der Waals surface area contributed by atoms with Gasteiger partial charge in [0.15, 0.2) is 0 Å². The van der Waals surface area contributed by atoms with Gasteiger partial charge in [-0.2, -0.15) is 0 Å². The molecule has 0 radical (unpaired) electrons. The van der Waals surface area contributed by atoms with Gasteiger partial charge in [0.2, 0.25) is 5.88 Å². The predicted molar refractivity (Wildman–Crippen MR) is 68.9 cm³/mol. The summed E-state index contributed by atoms with van der Waals surface area (Å²) >= 11 is 0. The summed E-state index contributed by atoms with van der Waals surface area (Å²) in [4.78, 5) is 26.9. The first-order valence-corrected chi connectivity index (χ1v) is 5.75. The van der Waals surface area contributed by atoms with Crippen molar-refractivity contribution in [3.63, 3.8) is 0 Å². The van der Waals surface area contributed by atoms with Crippen molar-refractivity contribution in [1.29, 1.82) is 0 Å². The Labute approximate surface area is 111 Å². The summed E-state index contributed by atoms with van der Waals surface area (Å²) < 4.78 is 9.71. The lowest BCUT2D eigenvalue weighted by atomic mass is 10.4. The van der Waals surface area contributed by atoms with Crippen LogP contribution in [0.25, 0.3) is 0 Å². The van der Waals surface area contributed by atoms with Gasteiger partial charge in [0.05, 0.1) is 19.0 Å². The zero-order chi connectivity index (χ0) is 14.1. The molecular formula is C12H17N3O4. The molecule has 0 saturated heterocycles. The molecule has 1 aromatic rings. The second kappa shape index (κ2) is 8.04. The number of carbonyl (C=O) groups excluding carboxylic acids is 2. The average molecular weight is 267 g/mol. The van der Waals surface area contributed by atoms with Gasteiger partial charge in [-0.05, 0) is 12.5 Å². The Bertz CT molecular complexity index is 419. The van der Waals surface area contributed by atoms with Crippen molar-refractivity contribution >= 4 is 17.5 Å². The third-order valence-corrected chi connectivity index (χ3v) is 2.22. The van der Waals surface area contributed by atoms with Crippen LogP contribution in [0.1, 0.15) is 6.42 Å². The quantitative estimate of drug-likeness (QED) is 0.567. The lowest BCUT2D eigenvalue weighted by Gasteiger charge is -2.06. The Balaban J connectivity index is 2.38. The number of aromatic nitrogens is 1. The number of rotatable bonds is 6. The fourth-order valence-corrected chi connectivity index (χ4v) is 1.26. The summed E-state index contributed by atoms with van der Waals surface area (Å²) in [5.41, 5.74) is 0.429. The van der Waals surface area contributed by atoms with Gasteiger partial charge in [0, 0.05) is 26.3 Å². The molecule has 0 saturated carbocycles. The number of carbonyl (C=O) groups is 2. The summed E-state index contributed by atoms with van der Waals surface area (Å²) in [7, 11) is 3.07. The van der Waals surface area contributed by atoms with Gasteiger partial charge >= 0.3 is 11.8 Å². The zero-order valence-electron chi connectivity index (χ0n) is 10.9. The molecule has 0 spiro atoms. The van der Waals surface area contributed by atoms with Crippen molar-refractivity contribution in [2.75, 3.05) is 32.7 Å². The number of anilines is 1. The molecule has 104 valence electrons. The number of amides is 2. The van der Waals surface area contributed by atoms with E-state index in [1.807, 2.05) is 0 Å². The maximum atomic E-state index is 11.5. The van der Waals surface area contributed by atoms with E-state index < -0.39 is 11.8 Å². The molecule has 0 bridgehead atoms. The Hall–Kier alpha value is -2.15. The summed E-state index contributed by atoms with van der Waals surface area (Å²) in [5, 5.41) is 4.92. The van der Waals surface area contributed by atoms with Gasteiger partial charge in [-0.25, -0.2) is 4.98 Å². The number of hydrogen-bond donors (Lipinski definition) is 2. The summed E-state index contributed by atoms with van der Waals surface area (Å²) in [6.45, 7) is 0.922.